The lowest BCUT2D eigenvalue weighted by Gasteiger charge is -2.31. The molecule has 2 aromatic rings. The van der Waals surface area contributed by atoms with Crippen LogP contribution in [0, 0.1) is 13.8 Å². The molecular formula is C20H23ClN2O2S2. The summed E-state index contributed by atoms with van der Waals surface area (Å²) in [6, 6.07) is 13.7. The van der Waals surface area contributed by atoms with Crippen molar-refractivity contribution in [2.45, 2.75) is 32.9 Å². The van der Waals surface area contributed by atoms with Crippen LogP contribution < -0.4 is 5.32 Å². The van der Waals surface area contributed by atoms with Crippen LogP contribution in [0.4, 0.5) is 5.69 Å². The first-order valence-electron chi connectivity index (χ1n) is 8.84. The van der Waals surface area contributed by atoms with E-state index in [4.69, 9.17) is 23.8 Å². The molecule has 3 rings (SSSR count). The Morgan fingerprint density at radius 1 is 1.26 bits per heavy atom. The zero-order valence-corrected chi connectivity index (χ0v) is 17.8. The van der Waals surface area contributed by atoms with E-state index >= 15 is 0 Å². The van der Waals surface area contributed by atoms with Gasteiger partial charge < -0.3 is 10.2 Å². The molecule has 0 amide bonds. The highest BCUT2D eigenvalue weighted by Crippen LogP contribution is 2.29. The Balaban J connectivity index is 1.87. The second kappa shape index (κ2) is 8.17. The SMILES string of the molecule is Cc1cc(C)c(NC(=S)N(Cc2ccccc2)[C@@H]2CCS(=O)(=O)C2)c(Cl)c1. The van der Waals surface area contributed by atoms with Crippen LogP contribution in [0.5, 0.6) is 0 Å². The number of rotatable bonds is 4. The maximum Gasteiger partial charge on any atom is 0.174 e. The van der Waals surface area contributed by atoms with Crippen molar-refractivity contribution in [3.63, 3.8) is 0 Å². The number of anilines is 1. The minimum absolute atomic E-state index is 0.127. The van der Waals surface area contributed by atoms with Gasteiger partial charge in [0.2, 0.25) is 0 Å². The minimum Gasteiger partial charge on any atom is -0.341 e. The Bertz CT molecular complexity index is 923. The van der Waals surface area contributed by atoms with Crippen LogP contribution in [0.1, 0.15) is 23.1 Å². The number of benzene rings is 2. The van der Waals surface area contributed by atoms with Crippen molar-refractivity contribution in [2.24, 2.45) is 0 Å². The third-order valence-electron chi connectivity index (χ3n) is 4.77. The fourth-order valence-corrected chi connectivity index (χ4v) is 5.84. The molecular weight excluding hydrogens is 400 g/mol. The third kappa shape index (κ3) is 5.00. The van der Waals surface area contributed by atoms with Crippen LogP contribution in [-0.4, -0.2) is 36.0 Å². The van der Waals surface area contributed by atoms with Crippen molar-refractivity contribution in [1.82, 2.24) is 4.90 Å². The smallest absolute Gasteiger partial charge is 0.174 e. The van der Waals surface area contributed by atoms with Gasteiger partial charge in [0, 0.05) is 12.6 Å². The molecule has 1 saturated heterocycles. The van der Waals surface area contributed by atoms with Crippen LogP contribution in [0.15, 0.2) is 42.5 Å². The Morgan fingerprint density at radius 2 is 1.96 bits per heavy atom. The normalized spacial score (nSPS) is 18.3. The van der Waals surface area contributed by atoms with Gasteiger partial charge in [0.25, 0.3) is 0 Å². The van der Waals surface area contributed by atoms with E-state index in [0.717, 1.165) is 22.4 Å². The van der Waals surface area contributed by atoms with Crippen LogP contribution in [0.3, 0.4) is 0 Å². The summed E-state index contributed by atoms with van der Waals surface area (Å²) in [6.07, 6.45) is 0.581. The van der Waals surface area contributed by atoms with Crippen molar-refractivity contribution in [2.75, 3.05) is 16.8 Å². The fourth-order valence-electron chi connectivity index (χ4n) is 3.42. The zero-order valence-electron chi connectivity index (χ0n) is 15.4. The van der Waals surface area contributed by atoms with Crippen molar-refractivity contribution in [1.29, 1.82) is 0 Å². The fraction of sp³-hybridized carbons (Fsp3) is 0.350. The molecule has 2 aromatic carbocycles. The second-order valence-corrected chi connectivity index (χ2v) is 10.1. The summed E-state index contributed by atoms with van der Waals surface area (Å²) in [5.41, 5.74) is 3.93. The van der Waals surface area contributed by atoms with Gasteiger partial charge in [0.15, 0.2) is 14.9 Å². The standard InChI is InChI=1S/C20H23ClN2O2S2/c1-14-10-15(2)19(18(21)11-14)22-20(26)23(12-16-6-4-3-5-7-16)17-8-9-27(24,25)13-17/h3-7,10-11,17H,8-9,12-13H2,1-2H3,(H,22,26)/t17-/m1/s1. The minimum atomic E-state index is -3.02. The van der Waals surface area contributed by atoms with Gasteiger partial charge in [0.1, 0.15) is 0 Å². The first-order chi connectivity index (χ1) is 12.7. The van der Waals surface area contributed by atoms with E-state index in [1.165, 1.54) is 0 Å². The first-order valence-corrected chi connectivity index (χ1v) is 11.4. The van der Waals surface area contributed by atoms with Gasteiger partial charge >= 0.3 is 0 Å². The molecule has 0 bridgehead atoms. The van der Waals surface area contributed by atoms with Gasteiger partial charge in [-0.25, -0.2) is 8.42 Å². The quantitative estimate of drug-likeness (QED) is 0.742. The van der Waals surface area contributed by atoms with Gasteiger partial charge in [-0.15, -0.1) is 0 Å². The highest BCUT2D eigenvalue weighted by atomic mass is 35.5. The van der Waals surface area contributed by atoms with Crippen molar-refractivity contribution in [3.05, 3.63) is 64.2 Å². The van der Waals surface area contributed by atoms with Crippen LogP contribution in [-0.2, 0) is 16.4 Å². The van der Waals surface area contributed by atoms with Gasteiger partial charge in [-0.05, 0) is 55.2 Å². The number of aryl methyl sites for hydroxylation is 2. The molecule has 1 fully saturated rings. The largest absolute Gasteiger partial charge is 0.341 e. The molecule has 1 heterocycles. The molecule has 1 aliphatic rings. The molecule has 0 spiro atoms. The van der Waals surface area contributed by atoms with E-state index in [-0.39, 0.29) is 17.5 Å². The summed E-state index contributed by atoms with van der Waals surface area (Å²) >= 11 is 12.1. The topological polar surface area (TPSA) is 49.4 Å². The summed E-state index contributed by atoms with van der Waals surface area (Å²) < 4.78 is 24.0. The lowest BCUT2D eigenvalue weighted by molar-refractivity contribution is 0.332. The molecule has 0 aromatic heterocycles. The highest BCUT2D eigenvalue weighted by Gasteiger charge is 2.33. The molecule has 0 aliphatic carbocycles. The van der Waals surface area contributed by atoms with Crippen molar-refractivity contribution < 1.29 is 8.42 Å². The number of sulfone groups is 1. The highest BCUT2D eigenvalue weighted by molar-refractivity contribution is 7.91. The Hall–Kier alpha value is -1.63. The molecule has 144 valence electrons. The van der Waals surface area contributed by atoms with E-state index in [2.05, 4.69) is 5.32 Å². The number of halogens is 1. The Kier molecular flexibility index (Phi) is 6.08. The first kappa shape index (κ1) is 20.1. The molecule has 4 nitrogen and oxygen atoms in total. The molecule has 0 saturated carbocycles. The van der Waals surface area contributed by atoms with Gasteiger partial charge in [-0.3, -0.25) is 0 Å². The number of thiocarbonyl (C=S) groups is 1. The molecule has 0 radical (unpaired) electrons. The van der Waals surface area contributed by atoms with E-state index < -0.39 is 9.84 Å². The maximum atomic E-state index is 12.0. The summed E-state index contributed by atoms with van der Waals surface area (Å²) in [7, 11) is -3.02. The monoisotopic (exact) mass is 422 g/mol. The molecule has 1 aliphatic heterocycles. The molecule has 7 heteroatoms. The summed E-state index contributed by atoms with van der Waals surface area (Å²) in [6.45, 7) is 4.52. The van der Waals surface area contributed by atoms with Crippen LogP contribution in [0.2, 0.25) is 5.02 Å². The average Bonchev–Trinajstić information content (AvgIpc) is 2.96. The van der Waals surface area contributed by atoms with E-state index in [1.807, 2.05) is 61.2 Å². The van der Waals surface area contributed by atoms with Crippen molar-refractivity contribution >= 4 is 44.5 Å². The molecule has 27 heavy (non-hydrogen) atoms. The predicted octanol–water partition coefficient (Wildman–Crippen LogP) is 4.34. The predicted molar refractivity (Wildman–Crippen MR) is 116 cm³/mol. The van der Waals surface area contributed by atoms with E-state index in [1.54, 1.807) is 0 Å². The number of nitrogens with one attached hydrogen (secondary N) is 1. The lowest BCUT2D eigenvalue weighted by atomic mass is 10.1. The number of nitrogens with zero attached hydrogens (tertiary/aromatic N) is 1. The van der Waals surface area contributed by atoms with Gasteiger partial charge in [-0.2, -0.15) is 0 Å². The molecule has 0 unspecified atom stereocenters. The third-order valence-corrected chi connectivity index (χ3v) is 7.15. The van der Waals surface area contributed by atoms with Crippen LogP contribution in [0.25, 0.3) is 0 Å². The second-order valence-electron chi connectivity index (χ2n) is 7.04. The molecule has 1 N–H and O–H groups in total. The Morgan fingerprint density at radius 3 is 2.56 bits per heavy atom. The van der Waals surface area contributed by atoms with E-state index in [9.17, 15) is 8.42 Å². The summed E-state index contributed by atoms with van der Waals surface area (Å²) in [5, 5.41) is 4.36. The molecule has 1 atom stereocenters. The van der Waals surface area contributed by atoms with Gasteiger partial charge in [-0.1, -0.05) is 48.0 Å². The summed E-state index contributed by atoms with van der Waals surface area (Å²) in [4.78, 5) is 1.98. The van der Waals surface area contributed by atoms with E-state index in [0.29, 0.717) is 23.1 Å². The lowest BCUT2D eigenvalue weighted by Crippen LogP contribution is -2.43. The zero-order chi connectivity index (χ0) is 19.6. The maximum absolute atomic E-state index is 12.0. The van der Waals surface area contributed by atoms with Crippen LogP contribution >= 0.6 is 23.8 Å². The number of hydrogen-bond donors (Lipinski definition) is 1. The summed E-state index contributed by atoms with van der Waals surface area (Å²) in [5.74, 6) is 0.331. The Labute approximate surface area is 171 Å². The number of hydrogen-bond acceptors (Lipinski definition) is 3. The average molecular weight is 423 g/mol. The van der Waals surface area contributed by atoms with Crippen molar-refractivity contribution in [3.8, 4) is 0 Å². The van der Waals surface area contributed by atoms with Gasteiger partial charge in [0.05, 0.1) is 22.2 Å².